The third-order valence-electron chi connectivity index (χ3n) is 4.05. The Morgan fingerprint density at radius 1 is 1.48 bits per heavy atom. The number of fused-ring (bicyclic) bond motifs is 3. The van der Waals surface area contributed by atoms with Crippen LogP contribution in [0.25, 0.3) is 10.2 Å². The van der Waals surface area contributed by atoms with E-state index in [2.05, 4.69) is 23.8 Å². The smallest absolute Gasteiger partial charge is 0.313 e. The predicted molar refractivity (Wildman–Crippen MR) is 94.7 cm³/mol. The first-order chi connectivity index (χ1) is 11.0. The summed E-state index contributed by atoms with van der Waals surface area (Å²) in [5, 5.41) is 11.5. The quantitative estimate of drug-likeness (QED) is 0.487. The van der Waals surface area contributed by atoms with E-state index in [-0.39, 0.29) is 11.4 Å². The molecule has 1 unspecified atom stereocenters. The van der Waals surface area contributed by atoms with Gasteiger partial charge in [-0.3, -0.25) is 4.79 Å². The first-order valence-corrected chi connectivity index (χ1v) is 10.3. The molecule has 3 heterocycles. The molecule has 23 heavy (non-hydrogen) atoms. The lowest BCUT2D eigenvalue weighted by molar-refractivity contribution is -0.133. The molecule has 3 rings (SSSR count). The van der Waals surface area contributed by atoms with E-state index in [1.807, 2.05) is 6.26 Å². The first kappa shape index (κ1) is 17.0. The summed E-state index contributed by atoms with van der Waals surface area (Å²) in [6.45, 7) is 4.85. The zero-order chi connectivity index (χ0) is 16.6. The Morgan fingerprint density at radius 2 is 2.26 bits per heavy atom. The summed E-state index contributed by atoms with van der Waals surface area (Å²) in [5.74, 6) is -0.829. The van der Waals surface area contributed by atoms with Crippen LogP contribution in [-0.2, 0) is 22.6 Å². The zero-order valence-electron chi connectivity index (χ0n) is 13.2. The van der Waals surface area contributed by atoms with Crippen molar-refractivity contribution >= 4 is 51.0 Å². The van der Waals surface area contributed by atoms with Crippen LogP contribution in [0.3, 0.4) is 0 Å². The van der Waals surface area contributed by atoms with E-state index in [0.29, 0.717) is 11.8 Å². The van der Waals surface area contributed by atoms with E-state index < -0.39 is 5.97 Å². The highest BCUT2D eigenvalue weighted by molar-refractivity contribution is 8.00. The highest BCUT2D eigenvalue weighted by Gasteiger charge is 2.33. The van der Waals surface area contributed by atoms with Crippen molar-refractivity contribution < 1.29 is 14.6 Å². The van der Waals surface area contributed by atoms with Gasteiger partial charge in [-0.25, -0.2) is 9.97 Å². The van der Waals surface area contributed by atoms with Crippen molar-refractivity contribution in [2.24, 2.45) is 0 Å². The summed E-state index contributed by atoms with van der Waals surface area (Å²) in [4.78, 5) is 22.3. The molecule has 0 aliphatic carbocycles. The lowest BCUT2D eigenvalue weighted by Crippen LogP contribution is -2.33. The molecular formula is C15H18N2O3S3. The van der Waals surface area contributed by atoms with Gasteiger partial charge < -0.3 is 9.84 Å². The Bertz CT molecular complexity index is 762. The Kier molecular flexibility index (Phi) is 4.87. The average molecular weight is 371 g/mol. The minimum Gasteiger partial charge on any atom is -0.481 e. The van der Waals surface area contributed by atoms with Gasteiger partial charge in [-0.1, -0.05) is 30.4 Å². The molecule has 0 radical (unpaired) electrons. The van der Waals surface area contributed by atoms with Gasteiger partial charge in [0, 0.05) is 16.7 Å². The zero-order valence-corrected chi connectivity index (χ0v) is 15.7. The van der Waals surface area contributed by atoms with Crippen LogP contribution < -0.4 is 0 Å². The maximum absolute atomic E-state index is 11.0. The predicted octanol–water partition coefficient (Wildman–Crippen LogP) is 3.83. The summed E-state index contributed by atoms with van der Waals surface area (Å²) in [6.07, 6.45) is 3.68. The number of hydrogen-bond acceptors (Lipinski definition) is 7. The fraction of sp³-hybridized carbons (Fsp3) is 0.533. The Balaban J connectivity index is 2.12. The van der Waals surface area contributed by atoms with E-state index in [9.17, 15) is 4.79 Å². The van der Waals surface area contributed by atoms with Gasteiger partial charge in [-0.15, -0.1) is 11.3 Å². The molecule has 1 aliphatic heterocycles. The molecule has 124 valence electrons. The Hall–Kier alpha value is -0.830. The molecule has 0 spiro atoms. The summed E-state index contributed by atoms with van der Waals surface area (Å²) in [5.41, 5.74) is 1.06. The molecule has 0 bridgehead atoms. The standard InChI is InChI=1S/C15H18N2O3S3/c1-4-15(2)5-8-9(6-20-15)23-13-11(8)12(22-7-10(18)19)16-14(17-13)21-3/h4-7H2,1-3H3,(H,18,19). The van der Waals surface area contributed by atoms with Crippen LogP contribution in [0.5, 0.6) is 0 Å². The number of carboxylic acid groups (broad SMARTS) is 1. The van der Waals surface area contributed by atoms with Crippen LogP contribution in [0, 0.1) is 0 Å². The fourth-order valence-electron chi connectivity index (χ4n) is 2.57. The molecule has 1 aliphatic rings. The van der Waals surface area contributed by atoms with Crippen molar-refractivity contribution in [2.45, 2.75) is 49.1 Å². The molecule has 0 aromatic carbocycles. The van der Waals surface area contributed by atoms with E-state index >= 15 is 0 Å². The maximum atomic E-state index is 11.0. The van der Waals surface area contributed by atoms with Crippen LogP contribution >= 0.6 is 34.9 Å². The number of aliphatic carboxylic acids is 1. The molecule has 5 nitrogen and oxygen atoms in total. The second kappa shape index (κ2) is 6.58. The molecular weight excluding hydrogens is 352 g/mol. The number of aromatic nitrogens is 2. The van der Waals surface area contributed by atoms with E-state index in [4.69, 9.17) is 9.84 Å². The largest absolute Gasteiger partial charge is 0.481 e. The number of rotatable bonds is 5. The Labute approximate surface area is 147 Å². The number of thiophene rings is 1. The van der Waals surface area contributed by atoms with Crippen molar-refractivity contribution in [3.8, 4) is 0 Å². The third kappa shape index (κ3) is 3.35. The molecule has 0 amide bonds. The van der Waals surface area contributed by atoms with Gasteiger partial charge in [0.1, 0.15) is 9.86 Å². The monoisotopic (exact) mass is 370 g/mol. The molecule has 2 aromatic rings. The average Bonchev–Trinajstić information content (AvgIpc) is 2.89. The number of thioether (sulfide) groups is 2. The van der Waals surface area contributed by atoms with Gasteiger partial charge >= 0.3 is 5.97 Å². The normalized spacial score (nSPS) is 20.7. The second-order valence-electron chi connectivity index (χ2n) is 5.65. The van der Waals surface area contributed by atoms with Crippen molar-refractivity contribution in [2.75, 3.05) is 12.0 Å². The lowest BCUT2D eigenvalue weighted by atomic mass is 9.90. The summed E-state index contributed by atoms with van der Waals surface area (Å²) in [7, 11) is 0. The Morgan fingerprint density at radius 3 is 2.91 bits per heavy atom. The number of carboxylic acids is 1. The molecule has 2 aromatic heterocycles. The van der Waals surface area contributed by atoms with Crippen LogP contribution in [0.15, 0.2) is 10.2 Å². The van der Waals surface area contributed by atoms with Crippen molar-refractivity contribution in [3.63, 3.8) is 0 Å². The van der Waals surface area contributed by atoms with Crippen molar-refractivity contribution in [1.82, 2.24) is 9.97 Å². The number of ether oxygens (including phenoxy) is 1. The minimum atomic E-state index is -0.835. The lowest BCUT2D eigenvalue weighted by Gasteiger charge is -2.33. The van der Waals surface area contributed by atoms with Gasteiger partial charge in [0.15, 0.2) is 5.16 Å². The van der Waals surface area contributed by atoms with Crippen LogP contribution in [0.4, 0.5) is 0 Å². The van der Waals surface area contributed by atoms with Crippen molar-refractivity contribution in [3.05, 3.63) is 10.4 Å². The van der Waals surface area contributed by atoms with Gasteiger partial charge in [0.25, 0.3) is 0 Å². The van der Waals surface area contributed by atoms with Crippen LogP contribution in [-0.4, -0.2) is 38.7 Å². The molecule has 1 atom stereocenters. The summed E-state index contributed by atoms with van der Waals surface area (Å²) in [6, 6.07) is 0. The highest BCUT2D eigenvalue weighted by atomic mass is 32.2. The summed E-state index contributed by atoms with van der Waals surface area (Å²) >= 11 is 4.39. The van der Waals surface area contributed by atoms with Crippen LogP contribution in [0.2, 0.25) is 0 Å². The molecule has 8 heteroatoms. The topological polar surface area (TPSA) is 72.3 Å². The van der Waals surface area contributed by atoms with Gasteiger partial charge in [0.2, 0.25) is 0 Å². The number of carbonyl (C=O) groups is 1. The fourth-order valence-corrected chi connectivity index (χ4v) is 5.00. The minimum absolute atomic E-state index is 0.00605. The molecule has 1 N–H and O–H groups in total. The second-order valence-corrected chi connectivity index (χ2v) is 8.47. The molecule has 0 fully saturated rings. The molecule has 0 saturated carbocycles. The van der Waals surface area contributed by atoms with Crippen LogP contribution in [0.1, 0.15) is 30.7 Å². The van der Waals surface area contributed by atoms with E-state index in [1.54, 1.807) is 11.3 Å². The van der Waals surface area contributed by atoms with E-state index in [1.165, 1.54) is 34.0 Å². The van der Waals surface area contributed by atoms with E-state index in [0.717, 1.165) is 28.1 Å². The van der Waals surface area contributed by atoms with Gasteiger partial charge in [0.05, 0.1) is 18.0 Å². The summed E-state index contributed by atoms with van der Waals surface area (Å²) < 4.78 is 6.02. The van der Waals surface area contributed by atoms with Gasteiger partial charge in [-0.2, -0.15) is 0 Å². The third-order valence-corrected chi connectivity index (χ3v) is 6.65. The number of nitrogens with zero attached hydrogens (tertiary/aromatic N) is 2. The van der Waals surface area contributed by atoms with Gasteiger partial charge in [-0.05, 0) is 25.2 Å². The maximum Gasteiger partial charge on any atom is 0.313 e. The SMILES string of the molecule is CCC1(C)Cc2c(sc3nc(SC)nc(SCC(=O)O)c23)CO1. The highest BCUT2D eigenvalue weighted by Crippen LogP contribution is 2.42. The van der Waals surface area contributed by atoms with Crippen molar-refractivity contribution in [1.29, 1.82) is 0 Å². The number of hydrogen-bond donors (Lipinski definition) is 1. The molecule has 0 saturated heterocycles. The first-order valence-electron chi connectivity index (χ1n) is 7.30.